The fourth-order valence-electron chi connectivity index (χ4n) is 2.50. The number of hydrogen-bond acceptors (Lipinski definition) is 3. The summed E-state index contributed by atoms with van der Waals surface area (Å²) in [6, 6.07) is 16.1. The highest BCUT2D eigenvalue weighted by Gasteiger charge is 2.10. The van der Waals surface area contributed by atoms with Crippen LogP contribution in [0.5, 0.6) is 0 Å². The van der Waals surface area contributed by atoms with E-state index < -0.39 is 0 Å². The molecule has 4 aromatic rings. The molecule has 2 aromatic heterocycles. The third-order valence-corrected chi connectivity index (χ3v) is 4.27. The number of hydrogen-bond donors (Lipinski definition) is 1. The second-order valence-electron chi connectivity index (χ2n) is 4.58. The molecule has 2 heterocycles. The van der Waals surface area contributed by atoms with Crippen molar-refractivity contribution in [2.75, 3.05) is 0 Å². The van der Waals surface area contributed by atoms with Crippen LogP contribution in [0.4, 0.5) is 0 Å². The lowest BCUT2D eigenvalue weighted by molar-refractivity contribution is 1.13. The van der Waals surface area contributed by atoms with Crippen LogP contribution < -0.4 is 5.69 Å². The third-order valence-electron chi connectivity index (χ3n) is 3.38. The summed E-state index contributed by atoms with van der Waals surface area (Å²) in [5.74, 6) is 0. The summed E-state index contributed by atoms with van der Waals surface area (Å²) in [4.78, 5) is 20.0. The number of nitrogens with one attached hydrogen (secondary N) is 1. The van der Waals surface area contributed by atoms with E-state index in [4.69, 9.17) is 0 Å². The zero-order valence-electron chi connectivity index (χ0n) is 10.5. The average molecular weight is 278 g/mol. The zero-order valence-corrected chi connectivity index (χ0v) is 11.3. The van der Waals surface area contributed by atoms with Gasteiger partial charge in [0, 0.05) is 10.8 Å². The molecule has 0 unspecified atom stereocenters. The second-order valence-corrected chi connectivity index (χ2v) is 5.52. The van der Waals surface area contributed by atoms with E-state index in [0.29, 0.717) is 0 Å². The number of H-pyrrole nitrogens is 1. The SMILES string of the molecule is O=c1nc2c(ccc3ccccc32)c(-c2cccs2)[nH]1. The topological polar surface area (TPSA) is 45.8 Å². The molecule has 0 atom stereocenters. The Morgan fingerprint density at radius 3 is 2.70 bits per heavy atom. The standard InChI is InChI=1S/C16H10N2OS/c19-16-17-14-11-5-2-1-4-10(11)7-8-12(14)15(18-16)13-6-3-9-20-13/h1-9H,(H,17,18,19). The Bertz CT molecular complexity index is 971. The first-order valence-electron chi connectivity index (χ1n) is 6.28. The fraction of sp³-hybridized carbons (Fsp3) is 0. The van der Waals surface area contributed by atoms with Gasteiger partial charge in [-0.15, -0.1) is 11.3 Å². The van der Waals surface area contributed by atoms with Crippen molar-refractivity contribution in [1.29, 1.82) is 0 Å². The molecule has 0 amide bonds. The molecule has 0 bridgehead atoms. The van der Waals surface area contributed by atoms with Crippen molar-refractivity contribution in [2.45, 2.75) is 0 Å². The van der Waals surface area contributed by atoms with Gasteiger partial charge in [0.15, 0.2) is 0 Å². The Balaban J connectivity index is 2.22. The minimum absolute atomic E-state index is 0.308. The van der Waals surface area contributed by atoms with Gasteiger partial charge in [-0.2, -0.15) is 4.98 Å². The minimum atomic E-state index is -0.308. The molecule has 0 radical (unpaired) electrons. The smallest absolute Gasteiger partial charge is 0.304 e. The quantitative estimate of drug-likeness (QED) is 0.538. The van der Waals surface area contributed by atoms with E-state index >= 15 is 0 Å². The highest BCUT2D eigenvalue weighted by atomic mass is 32.1. The van der Waals surface area contributed by atoms with Crippen LogP contribution in [-0.4, -0.2) is 9.97 Å². The maximum Gasteiger partial charge on any atom is 0.346 e. The van der Waals surface area contributed by atoms with Crippen molar-refractivity contribution >= 4 is 33.0 Å². The van der Waals surface area contributed by atoms with Gasteiger partial charge >= 0.3 is 5.69 Å². The second kappa shape index (κ2) is 4.28. The van der Waals surface area contributed by atoms with Crippen LogP contribution in [0.2, 0.25) is 0 Å². The van der Waals surface area contributed by atoms with Crippen LogP contribution in [0.15, 0.2) is 58.7 Å². The maximum atomic E-state index is 11.9. The monoisotopic (exact) mass is 278 g/mol. The Hall–Kier alpha value is -2.46. The molecule has 20 heavy (non-hydrogen) atoms. The normalized spacial score (nSPS) is 11.2. The van der Waals surface area contributed by atoms with Crippen LogP contribution >= 0.6 is 11.3 Å². The molecule has 96 valence electrons. The first-order chi connectivity index (χ1) is 9.83. The lowest BCUT2D eigenvalue weighted by Gasteiger charge is -2.06. The van der Waals surface area contributed by atoms with Crippen LogP contribution in [0.1, 0.15) is 0 Å². The van der Waals surface area contributed by atoms with Gasteiger partial charge in [-0.3, -0.25) is 0 Å². The number of fused-ring (bicyclic) bond motifs is 3. The van der Waals surface area contributed by atoms with Crippen LogP contribution in [0.3, 0.4) is 0 Å². The molecule has 2 aromatic carbocycles. The summed E-state index contributed by atoms with van der Waals surface area (Å²) >= 11 is 1.61. The average Bonchev–Trinajstić information content (AvgIpc) is 3.00. The summed E-state index contributed by atoms with van der Waals surface area (Å²) in [6.07, 6.45) is 0. The minimum Gasteiger partial charge on any atom is -0.304 e. The molecular formula is C16H10N2OS. The summed E-state index contributed by atoms with van der Waals surface area (Å²) in [6.45, 7) is 0. The molecule has 0 aliphatic rings. The van der Waals surface area contributed by atoms with Crippen molar-refractivity contribution in [3.05, 3.63) is 64.4 Å². The lowest BCUT2D eigenvalue weighted by atomic mass is 10.0. The van der Waals surface area contributed by atoms with Gasteiger partial charge in [0.25, 0.3) is 0 Å². The Morgan fingerprint density at radius 1 is 0.950 bits per heavy atom. The Labute approximate surface area is 118 Å². The van der Waals surface area contributed by atoms with E-state index in [1.165, 1.54) is 0 Å². The van der Waals surface area contributed by atoms with Gasteiger partial charge in [-0.05, 0) is 16.8 Å². The van der Waals surface area contributed by atoms with Crippen LogP contribution in [0, 0.1) is 0 Å². The van der Waals surface area contributed by atoms with Crippen molar-refractivity contribution in [1.82, 2.24) is 9.97 Å². The maximum absolute atomic E-state index is 11.9. The zero-order chi connectivity index (χ0) is 13.5. The van der Waals surface area contributed by atoms with Crippen LogP contribution in [0.25, 0.3) is 32.2 Å². The fourth-order valence-corrected chi connectivity index (χ4v) is 3.24. The highest BCUT2D eigenvalue weighted by Crippen LogP contribution is 2.31. The first-order valence-corrected chi connectivity index (χ1v) is 7.16. The predicted molar refractivity (Wildman–Crippen MR) is 83.2 cm³/mol. The first kappa shape index (κ1) is 11.4. The third kappa shape index (κ3) is 1.66. The molecule has 0 saturated heterocycles. The van der Waals surface area contributed by atoms with Gasteiger partial charge in [-0.1, -0.05) is 42.5 Å². The molecule has 4 heteroatoms. The van der Waals surface area contributed by atoms with E-state index in [0.717, 1.165) is 32.2 Å². The van der Waals surface area contributed by atoms with Gasteiger partial charge < -0.3 is 4.98 Å². The van der Waals surface area contributed by atoms with Crippen molar-refractivity contribution in [2.24, 2.45) is 0 Å². The number of aromatic nitrogens is 2. The van der Waals surface area contributed by atoms with Crippen molar-refractivity contribution in [3.63, 3.8) is 0 Å². The van der Waals surface area contributed by atoms with Crippen molar-refractivity contribution < 1.29 is 0 Å². The van der Waals surface area contributed by atoms with E-state index in [-0.39, 0.29) is 5.69 Å². The Morgan fingerprint density at radius 2 is 1.85 bits per heavy atom. The molecule has 4 rings (SSSR count). The summed E-state index contributed by atoms with van der Waals surface area (Å²) < 4.78 is 0. The summed E-state index contributed by atoms with van der Waals surface area (Å²) in [7, 11) is 0. The molecule has 0 saturated carbocycles. The molecule has 3 nitrogen and oxygen atoms in total. The molecule has 0 fully saturated rings. The molecule has 1 N–H and O–H groups in total. The molecular weight excluding hydrogens is 268 g/mol. The number of nitrogens with zero attached hydrogens (tertiary/aromatic N) is 1. The molecule has 0 aliphatic carbocycles. The highest BCUT2D eigenvalue weighted by molar-refractivity contribution is 7.13. The number of aromatic amines is 1. The van der Waals surface area contributed by atoms with Gasteiger partial charge in [0.2, 0.25) is 0 Å². The number of benzene rings is 2. The van der Waals surface area contributed by atoms with Gasteiger partial charge in [0.05, 0.1) is 16.1 Å². The van der Waals surface area contributed by atoms with E-state index in [1.807, 2.05) is 47.8 Å². The van der Waals surface area contributed by atoms with Gasteiger partial charge in [0.1, 0.15) is 0 Å². The summed E-state index contributed by atoms with van der Waals surface area (Å²) in [5.41, 5.74) is 1.30. The van der Waals surface area contributed by atoms with Gasteiger partial charge in [-0.25, -0.2) is 4.79 Å². The number of thiophene rings is 1. The molecule has 0 spiro atoms. The van der Waals surface area contributed by atoms with E-state index in [9.17, 15) is 4.79 Å². The van der Waals surface area contributed by atoms with Crippen LogP contribution in [-0.2, 0) is 0 Å². The number of rotatable bonds is 1. The van der Waals surface area contributed by atoms with E-state index in [2.05, 4.69) is 16.0 Å². The predicted octanol–water partition coefficient (Wildman–Crippen LogP) is 3.80. The largest absolute Gasteiger partial charge is 0.346 e. The van der Waals surface area contributed by atoms with Crippen molar-refractivity contribution in [3.8, 4) is 10.6 Å². The summed E-state index contributed by atoms with van der Waals surface area (Å²) in [5, 5.41) is 5.08. The van der Waals surface area contributed by atoms with E-state index in [1.54, 1.807) is 11.3 Å². The lowest BCUT2D eigenvalue weighted by Crippen LogP contribution is -2.11. The molecule has 0 aliphatic heterocycles. The Kier molecular flexibility index (Phi) is 2.44.